The molecule has 98 valence electrons. The summed E-state index contributed by atoms with van der Waals surface area (Å²) in [5.41, 5.74) is 7.61. The highest BCUT2D eigenvalue weighted by atomic mass is 79.9. The summed E-state index contributed by atoms with van der Waals surface area (Å²) in [6.07, 6.45) is 0. The van der Waals surface area contributed by atoms with Crippen LogP contribution in [0.3, 0.4) is 0 Å². The lowest BCUT2D eigenvalue weighted by Gasteiger charge is -2.10. The fraction of sp³-hybridized carbons (Fsp3) is 0.0714. The lowest BCUT2D eigenvalue weighted by atomic mass is 10.1. The van der Waals surface area contributed by atoms with Crippen LogP contribution in [0.1, 0.15) is 15.9 Å². The second-order valence-electron chi connectivity index (χ2n) is 4.14. The van der Waals surface area contributed by atoms with Gasteiger partial charge in [-0.2, -0.15) is 0 Å². The predicted molar refractivity (Wildman–Crippen MR) is 77.6 cm³/mol. The predicted octanol–water partition coefficient (Wildman–Crippen LogP) is 3.73. The zero-order valence-corrected chi connectivity index (χ0v) is 11.8. The van der Waals surface area contributed by atoms with E-state index in [1.54, 1.807) is 6.07 Å². The normalized spacial score (nSPS) is 10.3. The number of halogens is 2. The molecule has 0 radical (unpaired) electrons. The quantitative estimate of drug-likeness (QED) is 0.828. The monoisotopic (exact) mass is 322 g/mol. The highest BCUT2D eigenvalue weighted by molar-refractivity contribution is 9.10. The number of benzene rings is 2. The molecule has 0 saturated carbocycles. The maximum absolute atomic E-state index is 13.1. The molecular weight excluding hydrogens is 311 g/mol. The Morgan fingerprint density at radius 1 is 1.26 bits per heavy atom. The molecule has 5 heteroatoms. The average Bonchev–Trinajstić information content (AvgIpc) is 2.36. The summed E-state index contributed by atoms with van der Waals surface area (Å²) >= 11 is 3.33. The van der Waals surface area contributed by atoms with Gasteiger partial charge in [-0.25, -0.2) is 4.39 Å². The van der Waals surface area contributed by atoms with Gasteiger partial charge in [-0.15, -0.1) is 0 Å². The Balaban J connectivity index is 2.30. The number of rotatable bonds is 2. The number of hydrogen-bond donors (Lipinski definition) is 2. The molecule has 0 heterocycles. The first-order valence-electron chi connectivity index (χ1n) is 5.60. The van der Waals surface area contributed by atoms with Crippen LogP contribution in [0.15, 0.2) is 40.9 Å². The van der Waals surface area contributed by atoms with E-state index in [9.17, 15) is 9.18 Å². The second-order valence-corrected chi connectivity index (χ2v) is 5.06. The van der Waals surface area contributed by atoms with Crippen LogP contribution < -0.4 is 11.1 Å². The third-order valence-electron chi connectivity index (χ3n) is 2.71. The molecule has 0 atom stereocenters. The van der Waals surface area contributed by atoms with E-state index in [1.807, 2.05) is 19.1 Å². The summed E-state index contributed by atoms with van der Waals surface area (Å²) in [5.74, 6) is -0.927. The van der Waals surface area contributed by atoms with E-state index in [-0.39, 0.29) is 11.3 Å². The van der Waals surface area contributed by atoms with Gasteiger partial charge in [-0.05, 0) is 42.8 Å². The first kappa shape index (κ1) is 13.5. The van der Waals surface area contributed by atoms with E-state index in [0.29, 0.717) is 5.69 Å². The Kier molecular flexibility index (Phi) is 3.85. The minimum atomic E-state index is -0.495. The van der Waals surface area contributed by atoms with Crippen molar-refractivity contribution in [3.8, 4) is 0 Å². The van der Waals surface area contributed by atoms with E-state index in [4.69, 9.17) is 5.73 Å². The Labute approximate surface area is 118 Å². The molecule has 19 heavy (non-hydrogen) atoms. The molecule has 3 nitrogen and oxygen atoms in total. The third-order valence-corrected chi connectivity index (χ3v) is 3.20. The van der Waals surface area contributed by atoms with Crippen molar-refractivity contribution in [2.24, 2.45) is 0 Å². The average molecular weight is 323 g/mol. The van der Waals surface area contributed by atoms with Crippen LogP contribution in [-0.2, 0) is 0 Å². The third kappa shape index (κ3) is 3.12. The molecule has 0 aliphatic rings. The van der Waals surface area contributed by atoms with E-state index < -0.39 is 11.7 Å². The van der Waals surface area contributed by atoms with E-state index in [1.165, 1.54) is 12.1 Å². The molecule has 2 aromatic rings. The van der Waals surface area contributed by atoms with Crippen molar-refractivity contribution in [2.45, 2.75) is 6.92 Å². The van der Waals surface area contributed by atoms with Gasteiger partial charge in [0.15, 0.2) is 0 Å². The van der Waals surface area contributed by atoms with Gasteiger partial charge in [0, 0.05) is 15.8 Å². The zero-order chi connectivity index (χ0) is 14.0. The van der Waals surface area contributed by atoms with Gasteiger partial charge in [0.1, 0.15) is 5.82 Å². The summed E-state index contributed by atoms with van der Waals surface area (Å²) < 4.78 is 14.0. The first-order valence-corrected chi connectivity index (χ1v) is 6.39. The molecule has 2 aromatic carbocycles. The summed E-state index contributed by atoms with van der Waals surface area (Å²) in [6.45, 7) is 1.87. The maximum Gasteiger partial charge on any atom is 0.257 e. The van der Waals surface area contributed by atoms with Crippen molar-refractivity contribution >= 4 is 33.2 Å². The van der Waals surface area contributed by atoms with Crippen molar-refractivity contribution in [3.63, 3.8) is 0 Å². The van der Waals surface area contributed by atoms with E-state index >= 15 is 0 Å². The molecule has 3 N–H and O–H groups in total. The molecule has 0 unspecified atom stereocenters. The Hall–Kier alpha value is -1.88. The highest BCUT2D eigenvalue weighted by Crippen LogP contribution is 2.22. The summed E-state index contributed by atoms with van der Waals surface area (Å²) in [5, 5.41) is 2.72. The molecule has 0 aromatic heterocycles. The van der Waals surface area contributed by atoms with Crippen molar-refractivity contribution in [1.82, 2.24) is 0 Å². The summed E-state index contributed by atoms with van der Waals surface area (Å²) in [7, 11) is 0. The van der Waals surface area contributed by atoms with Gasteiger partial charge >= 0.3 is 0 Å². The van der Waals surface area contributed by atoms with Crippen molar-refractivity contribution in [1.29, 1.82) is 0 Å². The number of anilines is 2. The lowest BCUT2D eigenvalue weighted by molar-refractivity contribution is 0.102. The smallest absolute Gasteiger partial charge is 0.257 e. The van der Waals surface area contributed by atoms with Gasteiger partial charge in [-0.3, -0.25) is 4.79 Å². The Morgan fingerprint density at radius 2 is 2.00 bits per heavy atom. The topological polar surface area (TPSA) is 55.1 Å². The number of nitrogens with two attached hydrogens (primary N) is 1. The van der Waals surface area contributed by atoms with Gasteiger partial charge in [0.2, 0.25) is 0 Å². The van der Waals surface area contributed by atoms with Crippen LogP contribution >= 0.6 is 15.9 Å². The van der Waals surface area contributed by atoms with Crippen molar-refractivity contribution in [2.75, 3.05) is 11.1 Å². The molecule has 0 spiro atoms. The van der Waals surface area contributed by atoms with Crippen LogP contribution in [0.2, 0.25) is 0 Å². The standard InChI is InChI=1S/C14H12BrFN2O/c1-8-2-3-9(15)6-13(8)18-14(19)11-7-10(16)4-5-12(11)17/h2-7H,17H2,1H3,(H,18,19). The Morgan fingerprint density at radius 3 is 2.74 bits per heavy atom. The fourth-order valence-corrected chi connectivity index (χ4v) is 2.00. The van der Waals surface area contributed by atoms with Crippen LogP contribution in [-0.4, -0.2) is 5.91 Å². The number of nitrogens with one attached hydrogen (secondary N) is 1. The SMILES string of the molecule is Cc1ccc(Br)cc1NC(=O)c1cc(F)ccc1N. The molecule has 0 aliphatic heterocycles. The molecule has 0 fully saturated rings. The van der Waals surface area contributed by atoms with E-state index in [0.717, 1.165) is 16.1 Å². The van der Waals surface area contributed by atoms with Gasteiger partial charge in [0.25, 0.3) is 5.91 Å². The van der Waals surface area contributed by atoms with Crippen LogP contribution in [0, 0.1) is 12.7 Å². The summed E-state index contributed by atoms with van der Waals surface area (Å²) in [4.78, 5) is 12.1. The van der Waals surface area contributed by atoms with Gasteiger partial charge < -0.3 is 11.1 Å². The van der Waals surface area contributed by atoms with Crippen molar-refractivity contribution < 1.29 is 9.18 Å². The molecule has 0 saturated heterocycles. The number of nitrogen functional groups attached to an aromatic ring is 1. The highest BCUT2D eigenvalue weighted by Gasteiger charge is 2.12. The molecule has 1 amide bonds. The first-order chi connectivity index (χ1) is 8.97. The van der Waals surface area contributed by atoms with Crippen LogP contribution in [0.25, 0.3) is 0 Å². The van der Waals surface area contributed by atoms with Crippen molar-refractivity contribution in [3.05, 3.63) is 57.8 Å². The van der Waals surface area contributed by atoms with Gasteiger partial charge in [0.05, 0.1) is 5.56 Å². The molecule has 0 bridgehead atoms. The molecule has 0 aliphatic carbocycles. The van der Waals surface area contributed by atoms with E-state index in [2.05, 4.69) is 21.2 Å². The number of amides is 1. The number of aryl methyl sites for hydroxylation is 1. The zero-order valence-electron chi connectivity index (χ0n) is 10.2. The molecule has 2 rings (SSSR count). The van der Waals surface area contributed by atoms with Crippen LogP contribution in [0.4, 0.5) is 15.8 Å². The molecular formula is C14H12BrFN2O. The fourth-order valence-electron chi connectivity index (χ4n) is 1.64. The van der Waals surface area contributed by atoms with Gasteiger partial charge in [-0.1, -0.05) is 22.0 Å². The number of carbonyl (C=O) groups is 1. The maximum atomic E-state index is 13.1. The minimum Gasteiger partial charge on any atom is -0.398 e. The summed E-state index contributed by atoms with van der Waals surface area (Å²) in [6, 6.07) is 9.24. The Bertz CT molecular complexity index is 643. The number of carbonyl (C=O) groups excluding carboxylic acids is 1. The minimum absolute atomic E-state index is 0.124. The second kappa shape index (κ2) is 5.40. The van der Waals surface area contributed by atoms with Crippen LogP contribution in [0.5, 0.6) is 0 Å². The number of hydrogen-bond acceptors (Lipinski definition) is 2. The largest absolute Gasteiger partial charge is 0.398 e. The lowest BCUT2D eigenvalue weighted by Crippen LogP contribution is -2.15.